The predicted octanol–water partition coefficient (Wildman–Crippen LogP) is 2.61. The summed E-state index contributed by atoms with van der Waals surface area (Å²) in [7, 11) is 0. The number of thioether (sulfide) groups is 1. The first-order chi connectivity index (χ1) is 6.74. The largest absolute Gasteiger partial charge is 0.330 e. The van der Waals surface area contributed by atoms with Gasteiger partial charge >= 0.3 is 0 Å². The van der Waals surface area contributed by atoms with Gasteiger partial charge in [-0.3, -0.25) is 0 Å². The monoisotopic (exact) mass is 211 g/mol. The maximum absolute atomic E-state index is 13.4. The summed E-state index contributed by atoms with van der Waals surface area (Å²) in [5.41, 5.74) is 6.79. The van der Waals surface area contributed by atoms with Crippen LogP contribution >= 0.6 is 11.8 Å². The molecule has 3 heteroatoms. The van der Waals surface area contributed by atoms with E-state index in [1.54, 1.807) is 17.8 Å². The Bertz CT molecular complexity index is 340. The quantitative estimate of drug-likeness (QED) is 0.813. The molecule has 2 unspecified atom stereocenters. The summed E-state index contributed by atoms with van der Waals surface area (Å²) in [5.74, 6) is 1.75. The second-order valence-corrected chi connectivity index (χ2v) is 4.82. The molecule has 0 aromatic heterocycles. The average Bonchev–Trinajstić information content (AvgIpc) is 2.62. The average molecular weight is 211 g/mol. The van der Waals surface area contributed by atoms with Crippen LogP contribution in [0.1, 0.15) is 18.4 Å². The first-order valence-corrected chi connectivity index (χ1v) is 5.84. The Morgan fingerprint density at radius 2 is 2.43 bits per heavy atom. The topological polar surface area (TPSA) is 26.0 Å². The highest BCUT2D eigenvalue weighted by Gasteiger charge is 2.28. The highest BCUT2D eigenvalue weighted by atomic mass is 32.2. The molecule has 1 aromatic rings. The van der Waals surface area contributed by atoms with Crippen molar-refractivity contribution in [2.75, 3.05) is 12.3 Å². The third-order valence-electron chi connectivity index (χ3n) is 2.86. The van der Waals surface area contributed by atoms with Gasteiger partial charge in [0.05, 0.1) is 0 Å². The van der Waals surface area contributed by atoms with E-state index in [1.165, 1.54) is 6.07 Å². The molecule has 0 bridgehead atoms. The Hall–Kier alpha value is -0.540. The maximum atomic E-state index is 13.4. The molecule has 1 heterocycles. The van der Waals surface area contributed by atoms with Crippen LogP contribution in [0.5, 0.6) is 0 Å². The number of fused-ring (bicyclic) bond motifs is 1. The predicted molar refractivity (Wildman–Crippen MR) is 58.1 cm³/mol. The van der Waals surface area contributed by atoms with Crippen LogP contribution in [-0.4, -0.2) is 12.3 Å². The van der Waals surface area contributed by atoms with Crippen molar-refractivity contribution in [3.63, 3.8) is 0 Å². The highest BCUT2D eigenvalue weighted by Crippen LogP contribution is 2.44. The second-order valence-electron chi connectivity index (χ2n) is 3.79. The van der Waals surface area contributed by atoms with E-state index in [1.807, 2.05) is 6.07 Å². The van der Waals surface area contributed by atoms with E-state index in [0.717, 1.165) is 16.2 Å². The number of halogens is 1. The number of nitrogens with two attached hydrogens (primary N) is 1. The molecule has 0 radical (unpaired) electrons. The van der Waals surface area contributed by atoms with Crippen LogP contribution in [0, 0.1) is 11.7 Å². The van der Waals surface area contributed by atoms with E-state index in [9.17, 15) is 4.39 Å². The normalized spacial score (nSPS) is 22.1. The van der Waals surface area contributed by atoms with Crippen molar-refractivity contribution in [2.45, 2.75) is 17.7 Å². The van der Waals surface area contributed by atoms with Gasteiger partial charge < -0.3 is 5.73 Å². The second kappa shape index (κ2) is 3.91. The van der Waals surface area contributed by atoms with E-state index in [2.05, 4.69) is 6.92 Å². The van der Waals surface area contributed by atoms with Gasteiger partial charge in [0.15, 0.2) is 0 Å². The van der Waals surface area contributed by atoms with E-state index >= 15 is 0 Å². The first kappa shape index (κ1) is 9.99. The van der Waals surface area contributed by atoms with Gasteiger partial charge in [0, 0.05) is 10.6 Å². The molecule has 0 spiro atoms. The van der Waals surface area contributed by atoms with E-state index in [4.69, 9.17) is 5.73 Å². The van der Waals surface area contributed by atoms with Crippen molar-refractivity contribution >= 4 is 11.8 Å². The van der Waals surface area contributed by atoms with Gasteiger partial charge in [-0.15, -0.1) is 11.8 Å². The van der Waals surface area contributed by atoms with Crippen molar-refractivity contribution < 1.29 is 4.39 Å². The minimum Gasteiger partial charge on any atom is -0.330 e. The Morgan fingerprint density at radius 1 is 1.64 bits per heavy atom. The Morgan fingerprint density at radius 3 is 3.14 bits per heavy atom. The Labute approximate surface area is 87.9 Å². The van der Waals surface area contributed by atoms with Gasteiger partial charge in [0.2, 0.25) is 0 Å². The van der Waals surface area contributed by atoms with Crippen LogP contribution in [-0.2, 0) is 0 Å². The fourth-order valence-electron chi connectivity index (χ4n) is 1.87. The van der Waals surface area contributed by atoms with Gasteiger partial charge in [0.1, 0.15) is 5.82 Å². The van der Waals surface area contributed by atoms with Crippen molar-refractivity contribution in [3.8, 4) is 0 Å². The number of rotatable bonds is 2. The van der Waals surface area contributed by atoms with Crippen LogP contribution in [0.4, 0.5) is 4.39 Å². The minimum absolute atomic E-state index is 0.0841. The molecule has 1 aliphatic heterocycles. The molecule has 0 aliphatic carbocycles. The molecule has 1 nitrogen and oxygen atoms in total. The van der Waals surface area contributed by atoms with Gasteiger partial charge in [-0.25, -0.2) is 4.39 Å². The summed E-state index contributed by atoms with van der Waals surface area (Å²) in [6.45, 7) is 2.80. The summed E-state index contributed by atoms with van der Waals surface area (Å²) < 4.78 is 13.4. The summed E-state index contributed by atoms with van der Waals surface area (Å²) in [5, 5.41) is 0. The molecule has 1 aromatic carbocycles. The Kier molecular flexibility index (Phi) is 2.79. The van der Waals surface area contributed by atoms with Crippen LogP contribution in [0.2, 0.25) is 0 Å². The molecule has 0 saturated carbocycles. The highest BCUT2D eigenvalue weighted by molar-refractivity contribution is 7.99. The standard InChI is InChI=1S/C11H14FNS/c1-7(5-13)9-6-14-11-8(9)3-2-4-10(11)12/h2-4,7,9H,5-6,13H2,1H3. The summed E-state index contributed by atoms with van der Waals surface area (Å²) in [6, 6.07) is 5.34. The van der Waals surface area contributed by atoms with Crippen LogP contribution in [0.25, 0.3) is 0 Å². The van der Waals surface area contributed by atoms with Crippen molar-refractivity contribution in [3.05, 3.63) is 29.6 Å². The number of hydrogen-bond donors (Lipinski definition) is 1. The van der Waals surface area contributed by atoms with Gasteiger partial charge in [0.25, 0.3) is 0 Å². The molecule has 14 heavy (non-hydrogen) atoms. The molecule has 0 fully saturated rings. The van der Waals surface area contributed by atoms with Crippen LogP contribution in [0.3, 0.4) is 0 Å². The summed E-state index contributed by atoms with van der Waals surface area (Å²) in [6.07, 6.45) is 0. The zero-order valence-electron chi connectivity index (χ0n) is 8.16. The van der Waals surface area contributed by atoms with Crippen LogP contribution < -0.4 is 5.73 Å². The van der Waals surface area contributed by atoms with Crippen LogP contribution in [0.15, 0.2) is 23.1 Å². The Balaban J connectivity index is 2.35. The molecule has 2 atom stereocenters. The van der Waals surface area contributed by atoms with E-state index in [-0.39, 0.29) is 5.82 Å². The van der Waals surface area contributed by atoms with E-state index < -0.39 is 0 Å². The molecule has 2 N–H and O–H groups in total. The maximum Gasteiger partial charge on any atom is 0.137 e. The number of hydrogen-bond acceptors (Lipinski definition) is 2. The van der Waals surface area contributed by atoms with Gasteiger partial charge in [-0.1, -0.05) is 19.1 Å². The molecular weight excluding hydrogens is 197 g/mol. The lowest BCUT2D eigenvalue weighted by molar-refractivity contribution is 0.501. The number of benzene rings is 1. The third kappa shape index (κ3) is 1.55. The zero-order chi connectivity index (χ0) is 10.1. The summed E-state index contributed by atoms with van der Waals surface area (Å²) in [4.78, 5) is 0.831. The van der Waals surface area contributed by atoms with Crippen molar-refractivity contribution in [1.29, 1.82) is 0 Å². The third-order valence-corrected chi connectivity index (χ3v) is 4.11. The van der Waals surface area contributed by atoms with Gasteiger partial charge in [-0.05, 0) is 30.0 Å². The lowest BCUT2D eigenvalue weighted by Crippen LogP contribution is -2.18. The van der Waals surface area contributed by atoms with Crippen molar-refractivity contribution in [1.82, 2.24) is 0 Å². The molecule has 1 aliphatic rings. The minimum atomic E-state index is -0.0841. The molecule has 2 rings (SSSR count). The first-order valence-electron chi connectivity index (χ1n) is 4.85. The van der Waals surface area contributed by atoms with Gasteiger partial charge in [-0.2, -0.15) is 0 Å². The van der Waals surface area contributed by atoms with Crippen molar-refractivity contribution in [2.24, 2.45) is 11.7 Å². The SMILES string of the molecule is CC(CN)C1CSc2c(F)cccc21. The lowest BCUT2D eigenvalue weighted by atomic mass is 9.89. The summed E-state index contributed by atoms with van der Waals surface area (Å²) >= 11 is 1.62. The zero-order valence-corrected chi connectivity index (χ0v) is 8.98. The molecule has 76 valence electrons. The molecular formula is C11H14FNS. The van der Waals surface area contributed by atoms with E-state index in [0.29, 0.717) is 18.4 Å². The fourth-order valence-corrected chi connectivity index (χ4v) is 3.31. The lowest BCUT2D eigenvalue weighted by Gasteiger charge is -2.17. The fraction of sp³-hybridized carbons (Fsp3) is 0.455. The molecule has 0 amide bonds. The molecule has 0 saturated heterocycles. The smallest absolute Gasteiger partial charge is 0.137 e.